The van der Waals surface area contributed by atoms with Gasteiger partial charge < -0.3 is 18.5 Å². The second-order valence-electron chi connectivity index (χ2n) is 7.14. The van der Waals surface area contributed by atoms with E-state index in [0.29, 0.717) is 28.6 Å². The number of likely N-dealkylation sites (N-methyl/N-ethyl adjacent to an activating group) is 2. The number of hydrogen-bond donors (Lipinski definition) is 0. The van der Waals surface area contributed by atoms with E-state index in [0.717, 1.165) is 0 Å². The molecule has 3 aromatic rings. The van der Waals surface area contributed by atoms with Crippen LogP contribution in [0, 0.1) is 11.3 Å². The SMILES string of the molecule is CC(COc1c(C=O)oc2cc(-c3nc(C#N)co3)ccc12)N(C)CC(=O)N(C)C. The van der Waals surface area contributed by atoms with Gasteiger partial charge in [0.1, 0.15) is 24.5 Å². The second kappa shape index (κ2) is 8.80. The minimum absolute atomic E-state index is 0.00897. The molecule has 1 aromatic carbocycles. The maximum absolute atomic E-state index is 11.9. The zero-order valence-corrected chi connectivity index (χ0v) is 17.2. The van der Waals surface area contributed by atoms with E-state index in [4.69, 9.17) is 18.8 Å². The first kappa shape index (κ1) is 21.1. The number of carbonyl (C=O) groups is 2. The largest absolute Gasteiger partial charge is 0.487 e. The van der Waals surface area contributed by atoms with Crippen LogP contribution in [0.2, 0.25) is 0 Å². The van der Waals surface area contributed by atoms with Crippen molar-refractivity contribution in [2.24, 2.45) is 0 Å². The van der Waals surface area contributed by atoms with Crippen LogP contribution in [0.3, 0.4) is 0 Å². The van der Waals surface area contributed by atoms with Gasteiger partial charge in [0.15, 0.2) is 17.7 Å². The molecule has 1 atom stereocenters. The second-order valence-corrected chi connectivity index (χ2v) is 7.14. The number of oxazole rings is 1. The van der Waals surface area contributed by atoms with Gasteiger partial charge in [-0.15, -0.1) is 0 Å². The van der Waals surface area contributed by atoms with E-state index in [1.807, 2.05) is 24.9 Å². The number of aldehydes is 1. The molecule has 0 saturated heterocycles. The number of furan rings is 1. The van der Waals surface area contributed by atoms with Crippen molar-refractivity contribution in [3.63, 3.8) is 0 Å². The molecule has 0 aliphatic rings. The van der Waals surface area contributed by atoms with Crippen LogP contribution in [0.25, 0.3) is 22.4 Å². The van der Waals surface area contributed by atoms with Crippen molar-refractivity contribution in [1.82, 2.24) is 14.8 Å². The number of amides is 1. The smallest absolute Gasteiger partial charge is 0.236 e. The molecule has 1 unspecified atom stereocenters. The summed E-state index contributed by atoms with van der Waals surface area (Å²) in [4.78, 5) is 30.8. The maximum Gasteiger partial charge on any atom is 0.236 e. The molecule has 0 fully saturated rings. The van der Waals surface area contributed by atoms with E-state index >= 15 is 0 Å². The maximum atomic E-state index is 11.9. The Labute approximate surface area is 173 Å². The fraction of sp³-hybridized carbons (Fsp3) is 0.333. The van der Waals surface area contributed by atoms with Crippen LogP contribution in [0.1, 0.15) is 23.2 Å². The summed E-state index contributed by atoms with van der Waals surface area (Å²) in [6, 6.07) is 7.00. The van der Waals surface area contributed by atoms with Gasteiger partial charge in [0.05, 0.1) is 11.9 Å². The van der Waals surface area contributed by atoms with Gasteiger partial charge in [-0.2, -0.15) is 10.2 Å². The Balaban J connectivity index is 1.79. The summed E-state index contributed by atoms with van der Waals surface area (Å²) >= 11 is 0. The summed E-state index contributed by atoms with van der Waals surface area (Å²) in [6.45, 7) is 2.45. The Kier molecular flexibility index (Phi) is 6.18. The van der Waals surface area contributed by atoms with E-state index in [1.165, 1.54) is 11.2 Å². The van der Waals surface area contributed by atoms with E-state index in [-0.39, 0.29) is 42.4 Å². The Morgan fingerprint density at radius 3 is 2.77 bits per heavy atom. The Morgan fingerprint density at radius 1 is 1.37 bits per heavy atom. The van der Waals surface area contributed by atoms with E-state index < -0.39 is 0 Å². The molecule has 1 amide bonds. The van der Waals surface area contributed by atoms with Gasteiger partial charge in [0.2, 0.25) is 17.6 Å². The third-order valence-electron chi connectivity index (χ3n) is 4.75. The van der Waals surface area contributed by atoms with Crippen LogP contribution < -0.4 is 4.74 Å². The molecule has 2 aromatic heterocycles. The van der Waals surface area contributed by atoms with Crippen LogP contribution in [-0.4, -0.2) is 67.3 Å². The quantitative estimate of drug-likeness (QED) is 0.521. The highest BCUT2D eigenvalue weighted by Gasteiger charge is 2.20. The number of hydrogen-bond acceptors (Lipinski definition) is 8. The highest BCUT2D eigenvalue weighted by Crippen LogP contribution is 2.35. The molecule has 0 saturated carbocycles. The highest BCUT2D eigenvalue weighted by atomic mass is 16.5. The number of fused-ring (bicyclic) bond motifs is 1. The Hall–Kier alpha value is -3.64. The Morgan fingerprint density at radius 2 is 2.13 bits per heavy atom. The van der Waals surface area contributed by atoms with Crippen molar-refractivity contribution in [2.75, 3.05) is 34.3 Å². The average molecular weight is 410 g/mol. The lowest BCUT2D eigenvalue weighted by atomic mass is 10.1. The van der Waals surface area contributed by atoms with Gasteiger partial charge in [-0.3, -0.25) is 14.5 Å². The van der Waals surface area contributed by atoms with E-state index in [2.05, 4.69) is 4.98 Å². The lowest BCUT2D eigenvalue weighted by molar-refractivity contribution is -0.130. The van der Waals surface area contributed by atoms with Crippen molar-refractivity contribution in [1.29, 1.82) is 5.26 Å². The molecule has 0 N–H and O–H groups in total. The molecule has 2 heterocycles. The molecule has 156 valence electrons. The molecule has 0 aliphatic heterocycles. The number of nitrogens with zero attached hydrogens (tertiary/aromatic N) is 4. The molecule has 30 heavy (non-hydrogen) atoms. The van der Waals surface area contributed by atoms with Crippen molar-refractivity contribution in [3.8, 4) is 23.3 Å². The monoisotopic (exact) mass is 410 g/mol. The van der Waals surface area contributed by atoms with Crippen molar-refractivity contribution in [3.05, 3.63) is 35.9 Å². The molecule has 9 heteroatoms. The summed E-state index contributed by atoms with van der Waals surface area (Å²) in [5.74, 6) is 0.688. The first-order valence-electron chi connectivity index (χ1n) is 9.25. The minimum atomic E-state index is -0.0747. The van der Waals surface area contributed by atoms with E-state index in [9.17, 15) is 9.59 Å². The molecule has 9 nitrogen and oxygen atoms in total. The molecule has 0 spiro atoms. The Bertz CT molecular complexity index is 1110. The summed E-state index contributed by atoms with van der Waals surface area (Å²) < 4.78 is 16.8. The third-order valence-corrected chi connectivity index (χ3v) is 4.75. The first-order valence-corrected chi connectivity index (χ1v) is 9.25. The predicted octanol–water partition coefficient (Wildman–Crippen LogP) is 2.56. The molecular formula is C21H22N4O5. The summed E-state index contributed by atoms with van der Waals surface area (Å²) in [6.07, 6.45) is 1.86. The lowest BCUT2D eigenvalue weighted by Crippen LogP contribution is -2.41. The van der Waals surface area contributed by atoms with Crippen molar-refractivity contribution >= 4 is 23.2 Å². The zero-order valence-electron chi connectivity index (χ0n) is 17.2. The predicted molar refractivity (Wildman–Crippen MR) is 108 cm³/mol. The minimum Gasteiger partial charge on any atom is -0.487 e. The number of carbonyl (C=O) groups excluding carboxylic acids is 2. The number of nitriles is 1. The van der Waals surface area contributed by atoms with E-state index in [1.54, 1.807) is 32.3 Å². The normalized spacial score (nSPS) is 12.0. The summed E-state index contributed by atoms with van der Waals surface area (Å²) in [7, 11) is 5.25. The molecular weight excluding hydrogens is 388 g/mol. The standard InChI is InChI=1S/C21H22N4O5/c1-13(25(4)9-19(27)24(2)3)11-28-20-16-6-5-14(7-17(16)30-18(20)10-26)21-23-15(8-22)12-29-21/h5-7,10,12-13H,9,11H2,1-4H3. The van der Waals surface area contributed by atoms with Gasteiger partial charge in [0, 0.05) is 25.7 Å². The summed E-state index contributed by atoms with van der Waals surface area (Å²) in [5, 5.41) is 9.52. The fourth-order valence-electron chi connectivity index (χ4n) is 2.75. The van der Waals surface area contributed by atoms with Gasteiger partial charge in [-0.25, -0.2) is 0 Å². The van der Waals surface area contributed by atoms with Crippen LogP contribution in [-0.2, 0) is 4.79 Å². The van der Waals surface area contributed by atoms with Crippen LogP contribution in [0.5, 0.6) is 5.75 Å². The number of rotatable bonds is 8. The number of aromatic nitrogens is 1. The van der Waals surface area contributed by atoms with Gasteiger partial charge in [-0.05, 0) is 32.2 Å². The van der Waals surface area contributed by atoms with Crippen molar-refractivity contribution in [2.45, 2.75) is 13.0 Å². The molecule has 0 bridgehead atoms. The first-order chi connectivity index (χ1) is 14.3. The van der Waals surface area contributed by atoms with Gasteiger partial charge in [0.25, 0.3) is 0 Å². The zero-order chi connectivity index (χ0) is 21.8. The third kappa shape index (κ3) is 4.34. The number of benzene rings is 1. The van der Waals surface area contributed by atoms with Crippen LogP contribution >= 0.6 is 0 Å². The van der Waals surface area contributed by atoms with Crippen LogP contribution in [0.4, 0.5) is 0 Å². The molecule has 3 rings (SSSR count). The van der Waals surface area contributed by atoms with Crippen molar-refractivity contribution < 1.29 is 23.2 Å². The molecule has 0 aliphatic carbocycles. The number of ether oxygens (including phenoxy) is 1. The van der Waals surface area contributed by atoms with Gasteiger partial charge in [-0.1, -0.05) is 0 Å². The average Bonchev–Trinajstić information content (AvgIpc) is 3.35. The topological polar surface area (TPSA) is 113 Å². The fourth-order valence-corrected chi connectivity index (χ4v) is 2.75. The lowest BCUT2D eigenvalue weighted by Gasteiger charge is -2.25. The molecule has 0 radical (unpaired) electrons. The highest BCUT2D eigenvalue weighted by molar-refractivity contribution is 5.94. The summed E-state index contributed by atoms with van der Waals surface area (Å²) in [5.41, 5.74) is 1.22. The van der Waals surface area contributed by atoms with Crippen LogP contribution in [0.15, 0.2) is 33.3 Å². The van der Waals surface area contributed by atoms with Gasteiger partial charge >= 0.3 is 0 Å².